The first kappa shape index (κ1) is 11.9. The average molecular weight is 272 g/mol. The number of fused-ring (bicyclic) bond motifs is 3. The van der Waals surface area contributed by atoms with Crippen molar-refractivity contribution in [3.8, 4) is 0 Å². The number of morpholine rings is 1. The first-order valence-electron chi connectivity index (χ1n) is 7.14. The van der Waals surface area contributed by atoms with Crippen molar-refractivity contribution >= 4 is 23.2 Å². The van der Waals surface area contributed by atoms with E-state index < -0.39 is 12.2 Å². The molecule has 0 spiro atoms. The number of hydrogen-bond donors (Lipinski definition) is 1. The second kappa shape index (κ2) is 4.31. The summed E-state index contributed by atoms with van der Waals surface area (Å²) < 4.78 is 5.43. The lowest BCUT2D eigenvalue weighted by Gasteiger charge is -2.30. The molecule has 2 fully saturated rings. The molecule has 2 saturated heterocycles. The molecule has 2 unspecified atom stereocenters. The maximum atomic E-state index is 12.3. The minimum atomic E-state index is -0.438. The molecule has 1 aromatic rings. The fraction of sp³-hybridized carbons (Fsp3) is 0.467. The van der Waals surface area contributed by atoms with Gasteiger partial charge in [0.15, 0.2) is 0 Å². The van der Waals surface area contributed by atoms with Gasteiger partial charge in [-0.15, -0.1) is 0 Å². The van der Waals surface area contributed by atoms with Crippen molar-refractivity contribution in [3.05, 3.63) is 23.8 Å². The van der Waals surface area contributed by atoms with Gasteiger partial charge in [0.25, 0.3) is 11.8 Å². The molecule has 1 aromatic carbocycles. The highest BCUT2D eigenvalue weighted by Gasteiger charge is 2.47. The van der Waals surface area contributed by atoms with Gasteiger partial charge in [-0.1, -0.05) is 0 Å². The molecular formula is C15H16N2O3. The van der Waals surface area contributed by atoms with Crippen molar-refractivity contribution < 1.29 is 14.3 Å². The molecule has 1 N–H and O–H groups in total. The highest BCUT2D eigenvalue weighted by Crippen LogP contribution is 2.34. The van der Waals surface area contributed by atoms with Gasteiger partial charge in [-0.25, -0.2) is 4.90 Å². The van der Waals surface area contributed by atoms with Crippen LogP contribution in [0.25, 0.3) is 0 Å². The van der Waals surface area contributed by atoms with Crippen LogP contribution in [0.5, 0.6) is 0 Å². The predicted octanol–water partition coefficient (Wildman–Crippen LogP) is 1.47. The SMILES string of the molecule is O=C1C2CCC(O2)C(=O)N1c1ccc2c(c1)CCCN2. The van der Waals surface area contributed by atoms with Crippen LogP contribution < -0.4 is 10.2 Å². The largest absolute Gasteiger partial charge is 0.385 e. The Hall–Kier alpha value is -1.88. The molecule has 5 nitrogen and oxygen atoms in total. The van der Waals surface area contributed by atoms with Crippen molar-refractivity contribution in [1.82, 2.24) is 0 Å². The Bertz CT molecular complexity index is 577. The molecule has 4 rings (SSSR count). The second-order valence-electron chi connectivity index (χ2n) is 5.57. The Labute approximate surface area is 116 Å². The normalized spacial score (nSPS) is 28.3. The van der Waals surface area contributed by atoms with Gasteiger partial charge in [-0.2, -0.15) is 0 Å². The summed E-state index contributed by atoms with van der Waals surface area (Å²) in [6, 6.07) is 5.77. The van der Waals surface area contributed by atoms with Crippen LogP contribution in [0.2, 0.25) is 0 Å². The number of rotatable bonds is 1. The molecule has 20 heavy (non-hydrogen) atoms. The van der Waals surface area contributed by atoms with Crippen LogP contribution in [0.4, 0.5) is 11.4 Å². The zero-order valence-electron chi connectivity index (χ0n) is 11.1. The number of amides is 2. The van der Waals surface area contributed by atoms with Crippen LogP contribution in [0.15, 0.2) is 18.2 Å². The Morgan fingerprint density at radius 3 is 2.65 bits per heavy atom. The summed E-state index contributed by atoms with van der Waals surface area (Å²) in [6.45, 7) is 0.978. The Balaban J connectivity index is 1.73. The van der Waals surface area contributed by atoms with Gasteiger partial charge < -0.3 is 10.1 Å². The predicted molar refractivity (Wildman–Crippen MR) is 73.6 cm³/mol. The lowest BCUT2D eigenvalue weighted by atomic mass is 10.0. The number of anilines is 2. The van der Waals surface area contributed by atoms with Crippen LogP contribution in [0.1, 0.15) is 24.8 Å². The molecule has 3 aliphatic rings. The highest BCUT2D eigenvalue weighted by molar-refractivity contribution is 6.19. The van der Waals surface area contributed by atoms with Gasteiger partial charge >= 0.3 is 0 Å². The smallest absolute Gasteiger partial charge is 0.262 e. The Kier molecular flexibility index (Phi) is 2.57. The van der Waals surface area contributed by atoms with E-state index in [9.17, 15) is 9.59 Å². The third-order valence-electron chi connectivity index (χ3n) is 4.30. The highest BCUT2D eigenvalue weighted by atomic mass is 16.5. The van der Waals surface area contributed by atoms with Crippen LogP contribution in [-0.2, 0) is 20.7 Å². The standard InChI is InChI=1S/C15H16N2O3/c18-14-12-5-6-13(20-12)15(19)17(14)10-3-4-11-9(8-10)2-1-7-16-11/h3-4,8,12-13,16H,1-2,5-7H2. The molecule has 0 saturated carbocycles. The summed E-state index contributed by atoms with van der Waals surface area (Å²) in [5, 5.41) is 3.33. The third kappa shape index (κ3) is 1.66. The van der Waals surface area contributed by atoms with E-state index in [1.165, 1.54) is 10.5 Å². The number of nitrogens with zero attached hydrogens (tertiary/aromatic N) is 1. The summed E-state index contributed by atoms with van der Waals surface area (Å²) in [4.78, 5) is 26.0. The number of ether oxygens (including phenoxy) is 1. The van der Waals surface area contributed by atoms with Crippen molar-refractivity contribution in [2.75, 3.05) is 16.8 Å². The first-order chi connectivity index (χ1) is 9.74. The van der Waals surface area contributed by atoms with Crippen molar-refractivity contribution in [1.29, 1.82) is 0 Å². The summed E-state index contributed by atoms with van der Waals surface area (Å²) in [5.41, 5.74) is 2.96. The molecule has 0 radical (unpaired) electrons. The van der Waals surface area contributed by atoms with E-state index in [4.69, 9.17) is 4.74 Å². The molecule has 2 bridgehead atoms. The molecule has 3 heterocycles. The minimum Gasteiger partial charge on any atom is -0.385 e. The molecule has 3 aliphatic heterocycles. The fourth-order valence-corrected chi connectivity index (χ4v) is 3.25. The van der Waals surface area contributed by atoms with Crippen molar-refractivity contribution in [2.45, 2.75) is 37.9 Å². The molecule has 104 valence electrons. The van der Waals surface area contributed by atoms with E-state index >= 15 is 0 Å². The number of benzene rings is 1. The molecule has 2 atom stereocenters. The molecule has 0 aliphatic carbocycles. The fourth-order valence-electron chi connectivity index (χ4n) is 3.25. The van der Waals surface area contributed by atoms with Crippen LogP contribution in [0, 0.1) is 0 Å². The average Bonchev–Trinajstić information content (AvgIpc) is 2.92. The van der Waals surface area contributed by atoms with E-state index in [-0.39, 0.29) is 11.8 Å². The van der Waals surface area contributed by atoms with Gasteiger partial charge in [-0.3, -0.25) is 9.59 Å². The number of carbonyl (C=O) groups excluding carboxylic acids is 2. The van der Waals surface area contributed by atoms with Gasteiger partial charge in [-0.05, 0) is 49.4 Å². The van der Waals surface area contributed by atoms with E-state index in [2.05, 4.69) is 5.32 Å². The van der Waals surface area contributed by atoms with E-state index in [1.54, 1.807) is 0 Å². The lowest BCUT2D eigenvalue weighted by molar-refractivity contribution is -0.146. The zero-order valence-corrected chi connectivity index (χ0v) is 11.1. The number of imide groups is 1. The third-order valence-corrected chi connectivity index (χ3v) is 4.30. The maximum Gasteiger partial charge on any atom is 0.262 e. The van der Waals surface area contributed by atoms with Crippen LogP contribution in [0.3, 0.4) is 0 Å². The van der Waals surface area contributed by atoms with E-state index in [0.29, 0.717) is 18.5 Å². The maximum absolute atomic E-state index is 12.3. The quantitative estimate of drug-likeness (QED) is 0.786. The first-order valence-corrected chi connectivity index (χ1v) is 7.14. The van der Waals surface area contributed by atoms with Crippen molar-refractivity contribution in [3.63, 3.8) is 0 Å². The number of carbonyl (C=O) groups is 2. The second-order valence-corrected chi connectivity index (χ2v) is 5.57. The van der Waals surface area contributed by atoms with E-state index in [1.807, 2.05) is 18.2 Å². The van der Waals surface area contributed by atoms with Gasteiger partial charge in [0, 0.05) is 12.2 Å². The Morgan fingerprint density at radius 2 is 1.90 bits per heavy atom. The zero-order chi connectivity index (χ0) is 13.7. The number of nitrogens with one attached hydrogen (secondary N) is 1. The monoisotopic (exact) mass is 272 g/mol. The van der Waals surface area contributed by atoms with Gasteiger partial charge in [0.05, 0.1) is 5.69 Å². The molecule has 0 aromatic heterocycles. The van der Waals surface area contributed by atoms with E-state index in [0.717, 1.165) is 25.1 Å². The summed E-state index contributed by atoms with van der Waals surface area (Å²) in [6.07, 6.45) is 2.48. The molecule has 5 heteroatoms. The summed E-state index contributed by atoms with van der Waals surface area (Å²) >= 11 is 0. The molecular weight excluding hydrogens is 256 g/mol. The minimum absolute atomic E-state index is 0.215. The number of aryl methyl sites for hydroxylation is 1. The summed E-state index contributed by atoms with van der Waals surface area (Å²) in [7, 11) is 0. The Morgan fingerprint density at radius 1 is 1.15 bits per heavy atom. The van der Waals surface area contributed by atoms with Crippen LogP contribution in [-0.4, -0.2) is 30.6 Å². The summed E-state index contributed by atoms with van der Waals surface area (Å²) in [5.74, 6) is -0.431. The van der Waals surface area contributed by atoms with Gasteiger partial charge in [0.1, 0.15) is 12.2 Å². The topological polar surface area (TPSA) is 58.6 Å². The molecule has 2 amide bonds. The van der Waals surface area contributed by atoms with Crippen molar-refractivity contribution in [2.24, 2.45) is 0 Å². The lowest BCUT2D eigenvalue weighted by Crippen LogP contribution is -2.52. The van der Waals surface area contributed by atoms with Crippen LogP contribution >= 0.6 is 0 Å². The number of hydrogen-bond acceptors (Lipinski definition) is 4. The van der Waals surface area contributed by atoms with Gasteiger partial charge in [0.2, 0.25) is 0 Å².